The van der Waals surface area contributed by atoms with Gasteiger partial charge in [0, 0.05) is 0 Å². The standard InChI is InChI=1S/C16H17FO2/c1-3-12-4-7-14(8-5-12)19-16-9-6-13(11(2)18)10-15(16)17/h4-11,18H,3H2,1-2H3. The highest BCUT2D eigenvalue weighted by Gasteiger charge is 2.08. The fraction of sp³-hybridized carbons (Fsp3) is 0.250. The zero-order valence-corrected chi connectivity index (χ0v) is 11.1. The monoisotopic (exact) mass is 260 g/mol. The van der Waals surface area contributed by atoms with Crippen LogP contribution in [0.25, 0.3) is 0 Å². The lowest BCUT2D eigenvalue weighted by atomic mass is 10.1. The van der Waals surface area contributed by atoms with Gasteiger partial charge in [-0.05, 0) is 48.7 Å². The number of benzene rings is 2. The van der Waals surface area contributed by atoms with E-state index in [0.717, 1.165) is 6.42 Å². The van der Waals surface area contributed by atoms with Crippen LogP contribution in [0.3, 0.4) is 0 Å². The smallest absolute Gasteiger partial charge is 0.166 e. The molecular weight excluding hydrogens is 243 g/mol. The first-order valence-electron chi connectivity index (χ1n) is 6.34. The molecule has 19 heavy (non-hydrogen) atoms. The van der Waals surface area contributed by atoms with Gasteiger partial charge in [-0.25, -0.2) is 4.39 Å². The summed E-state index contributed by atoms with van der Waals surface area (Å²) in [5.41, 5.74) is 1.74. The van der Waals surface area contributed by atoms with Crippen molar-refractivity contribution in [3.8, 4) is 11.5 Å². The van der Waals surface area contributed by atoms with Gasteiger partial charge in [0.2, 0.25) is 0 Å². The fourth-order valence-electron chi connectivity index (χ4n) is 1.78. The molecule has 0 aliphatic rings. The van der Waals surface area contributed by atoms with Gasteiger partial charge < -0.3 is 9.84 Å². The van der Waals surface area contributed by atoms with Crippen molar-refractivity contribution in [2.45, 2.75) is 26.4 Å². The van der Waals surface area contributed by atoms with E-state index in [2.05, 4.69) is 6.92 Å². The molecule has 0 aromatic heterocycles. The minimum absolute atomic E-state index is 0.161. The largest absolute Gasteiger partial charge is 0.454 e. The highest BCUT2D eigenvalue weighted by atomic mass is 19.1. The summed E-state index contributed by atoms with van der Waals surface area (Å²) < 4.78 is 19.3. The minimum atomic E-state index is -0.688. The number of rotatable bonds is 4. The average Bonchev–Trinajstić information content (AvgIpc) is 2.41. The molecule has 0 heterocycles. The van der Waals surface area contributed by atoms with Crippen LogP contribution >= 0.6 is 0 Å². The van der Waals surface area contributed by atoms with Crippen molar-refractivity contribution in [3.63, 3.8) is 0 Å². The lowest BCUT2D eigenvalue weighted by Gasteiger charge is -2.10. The number of aryl methyl sites for hydroxylation is 1. The minimum Gasteiger partial charge on any atom is -0.454 e. The molecule has 0 amide bonds. The van der Waals surface area contributed by atoms with Gasteiger partial charge in [0.05, 0.1) is 6.10 Å². The third-order valence-electron chi connectivity index (χ3n) is 3.00. The van der Waals surface area contributed by atoms with Crippen LogP contribution in [0.15, 0.2) is 42.5 Å². The van der Waals surface area contributed by atoms with Gasteiger partial charge in [-0.1, -0.05) is 25.1 Å². The molecule has 0 bridgehead atoms. The molecular formula is C16H17FO2. The second-order valence-corrected chi connectivity index (χ2v) is 4.47. The van der Waals surface area contributed by atoms with E-state index in [1.807, 2.05) is 24.3 Å². The van der Waals surface area contributed by atoms with Crippen molar-refractivity contribution in [1.82, 2.24) is 0 Å². The highest BCUT2D eigenvalue weighted by molar-refractivity contribution is 5.36. The molecule has 100 valence electrons. The zero-order valence-electron chi connectivity index (χ0n) is 11.1. The van der Waals surface area contributed by atoms with Crippen LogP contribution in [0.4, 0.5) is 4.39 Å². The summed E-state index contributed by atoms with van der Waals surface area (Å²) in [6.07, 6.45) is 0.268. The van der Waals surface area contributed by atoms with E-state index in [1.54, 1.807) is 13.0 Å². The average molecular weight is 260 g/mol. The lowest BCUT2D eigenvalue weighted by molar-refractivity contribution is 0.198. The quantitative estimate of drug-likeness (QED) is 0.891. The SMILES string of the molecule is CCc1ccc(Oc2ccc(C(C)O)cc2F)cc1. The Kier molecular flexibility index (Phi) is 4.17. The van der Waals surface area contributed by atoms with Gasteiger partial charge in [0.15, 0.2) is 11.6 Å². The molecule has 1 N–H and O–H groups in total. The summed E-state index contributed by atoms with van der Waals surface area (Å²) in [5.74, 6) is 0.285. The molecule has 0 fully saturated rings. The Morgan fingerprint density at radius 2 is 1.84 bits per heavy atom. The van der Waals surface area contributed by atoms with Crippen molar-refractivity contribution in [1.29, 1.82) is 0 Å². The van der Waals surface area contributed by atoms with Crippen LogP contribution in [0, 0.1) is 5.82 Å². The Labute approximate surface area is 112 Å². The molecule has 1 unspecified atom stereocenters. The Hall–Kier alpha value is -1.87. The molecule has 0 saturated carbocycles. The van der Waals surface area contributed by atoms with E-state index in [1.165, 1.54) is 17.7 Å². The van der Waals surface area contributed by atoms with Crippen LogP contribution in [-0.4, -0.2) is 5.11 Å². The Morgan fingerprint density at radius 3 is 2.37 bits per heavy atom. The predicted octanol–water partition coefficient (Wildman–Crippen LogP) is 4.23. The van der Waals surface area contributed by atoms with Gasteiger partial charge in [-0.15, -0.1) is 0 Å². The maximum atomic E-state index is 13.8. The second kappa shape index (κ2) is 5.85. The van der Waals surface area contributed by atoms with E-state index in [0.29, 0.717) is 11.3 Å². The Balaban J connectivity index is 2.18. The van der Waals surface area contributed by atoms with Gasteiger partial charge in [0.25, 0.3) is 0 Å². The molecule has 2 nitrogen and oxygen atoms in total. The molecule has 2 rings (SSSR count). The van der Waals surface area contributed by atoms with Gasteiger partial charge in [-0.3, -0.25) is 0 Å². The molecule has 0 saturated heterocycles. The summed E-state index contributed by atoms with van der Waals surface area (Å²) >= 11 is 0. The van der Waals surface area contributed by atoms with E-state index >= 15 is 0 Å². The van der Waals surface area contributed by atoms with Crippen LogP contribution in [0.5, 0.6) is 11.5 Å². The summed E-state index contributed by atoms with van der Waals surface area (Å²) in [4.78, 5) is 0. The molecule has 0 aliphatic carbocycles. The molecule has 0 aliphatic heterocycles. The lowest BCUT2D eigenvalue weighted by Crippen LogP contribution is -1.94. The van der Waals surface area contributed by atoms with Crippen molar-refractivity contribution in [3.05, 3.63) is 59.4 Å². The molecule has 0 radical (unpaired) electrons. The zero-order chi connectivity index (χ0) is 13.8. The number of halogens is 1. The topological polar surface area (TPSA) is 29.5 Å². The number of hydrogen-bond donors (Lipinski definition) is 1. The second-order valence-electron chi connectivity index (χ2n) is 4.47. The Bertz CT molecular complexity index is 547. The first-order valence-corrected chi connectivity index (χ1v) is 6.34. The Morgan fingerprint density at radius 1 is 1.16 bits per heavy atom. The van der Waals surface area contributed by atoms with Crippen molar-refractivity contribution in [2.24, 2.45) is 0 Å². The van der Waals surface area contributed by atoms with Gasteiger partial charge in [0.1, 0.15) is 5.75 Å². The summed E-state index contributed by atoms with van der Waals surface area (Å²) in [6, 6.07) is 12.0. The van der Waals surface area contributed by atoms with E-state index in [9.17, 15) is 9.50 Å². The maximum Gasteiger partial charge on any atom is 0.166 e. The highest BCUT2D eigenvalue weighted by Crippen LogP contribution is 2.27. The van der Waals surface area contributed by atoms with Crippen LogP contribution < -0.4 is 4.74 Å². The normalized spacial score (nSPS) is 12.2. The van der Waals surface area contributed by atoms with E-state index < -0.39 is 11.9 Å². The number of aliphatic hydroxyl groups excluding tert-OH is 1. The summed E-state index contributed by atoms with van der Waals surface area (Å²) in [7, 11) is 0. The van der Waals surface area contributed by atoms with Crippen molar-refractivity contribution < 1.29 is 14.2 Å². The van der Waals surface area contributed by atoms with Crippen molar-refractivity contribution >= 4 is 0 Å². The van der Waals surface area contributed by atoms with Gasteiger partial charge >= 0.3 is 0 Å². The first kappa shape index (κ1) is 13.6. The van der Waals surface area contributed by atoms with Crippen LogP contribution in [0.2, 0.25) is 0 Å². The third-order valence-corrected chi connectivity index (χ3v) is 3.00. The van der Waals surface area contributed by atoms with Crippen molar-refractivity contribution in [2.75, 3.05) is 0 Å². The first-order chi connectivity index (χ1) is 9.10. The fourth-order valence-corrected chi connectivity index (χ4v) is 1.78. The van der Waals surface area contributed by atoms with Gasteiger partial charge in [-0.2, -0.15) is 0 Å². The molecule has 2 aromatic carbocycles. The summed E-state index contributed by atoms with van der Waals surface area (Å²) in [5, 5.41) is 9.38. The maximum absolute atomic E-state index is 13.8. The van der Waals surface area contributed by atoms with E-state index in [4.69, 9.17) is 4.74 Å². The summed E-state index contributed by atoms with van der Waals surface area (Å²) in [6.45, 7) is 3.67. The van der Waals surface area contributed by atoms with Crippen LogP contribution in [0.1, 0.15) is 31.1 Å². The number of aliphatic hydroxyl groups is 1. The van der Waals surface area contributed by atoms with E-state index in [-0.39, 0.29) is 5.75 Å². The predicted molar refractivity (Wildman–Crippen MR) is 72.9 cm³/mol. The molecule has 3 heteroatoms. The number of hydrogen-bond acceptors (Lipinski definition) is 2. The van der Waals surface area contributed by atoms with Crippen LogP contribution in [-0.2, 0) is 6.42 Å². The molecule has 1 atom stereocenters. The molecule has 2 aromatic rings. The molecule has 0 spiro atoms. The number of ether oxygens (including phenoxy) is 1. The third kappa shape index (κ3) is 3.32.